The number of terminal acetylenes is 1. The Hall–Kier alpha value is -4.15. The zero-order valence-electron chi connectivity index (χ0n) is 21.2. The first-order valence-electron chi connectivity index (χ1n) is 11.8. The predicted molar refractivity (Wildman–Crippen MR) is 155 cm³/mol. The van der Waals surface area contributed by atoms with Crippen molar-refractivity contribution in [3.8, 4) is 23.5 Å². The van der Waals surface area contributed by atoms with E-state index in [9.17, 15) is 0 Å². The fraction of sp³-hybridized carbons (Fsp3) is 0.147. The molecule has 0 saturated heterocycles. The SMILES string of the molecule is C#C/C(C)=C(/C=C\C=C)C(=C)/N=C(/CC/C(C)=C/C=C\C=C)c1c(C)cccc1-c1ccccc1. The van der Waals surface area contributed by atoms with Gasteiger partial charge in [0.2, 0.25) is 0 Å². The van der Waals surface area contributed by atoms with Gasteiger partial charge in [0.25, 0.3) is 0 Å². The van der Waals surface area contributed by atoms with Crippen molar-refractivity contribution >= 4 is 5.71 Å². The molecule has 2 aromatic carbocycles. The standard InChI is InChI=1S/C34H35N/c1-8-11-14-18-26(4)24-25-33(35-29(7)31(22-12-9-2)27(5)10-3)34-28(6)19-17-23-32(34)30-20-15-13-16-21-30/h3,8-9,11-23H,1-2,7,24-25H2,4-6H3/b14-11-,22-12-,26-18+,31-27-,35-33-. The van der Waals surface area contributed by atoms with Crippen LogP contribution in [0.15, 0.2) is 138 Å². The highest BCUT2D eigenvalue weighted by atomic mass is 14.8. The molecule has 0 heterocycles. The minimum Gasteiger partial charge on any atom is -0.253 e. The lowest BCUT2D eigenvalue weighted by Gasteiger charge is -2.17. The van der Waals surface area contributed by atoms with Gasteiger partial charge in [0, 0.05) is 22.4 Å². The van der Waals surface area contributed by atoms with E-state index in [4.69, 9.17) is 11.4 Å². The van der Waals surface area contributed by atoms with Crippen LogP contribution in [0.5, 0.6) is 0 Å². The average Bonchev–Trinajstić information content (AvgIpc) is 2.87. The Kier molecular flexibility index (Phi) is 11.0. The summed E-state index contributed by atoms with van der Waals surface area (Å²) >= 11 is 0. The summed E-state index contributed by atoms with van der Waals surface area (Å²) in [6.07, 6.45) is 20.7. The van der Waals surface area contributed by atoms with Gasteiger partial charge in [-0.05, 0) is 50.3 Å². The van der Waals surface area contributed by atoms with Crippen LogP contribution in [0.1, 0.15) is 37.8 Å². The van der Waals surface area contributed by atoms with Gasteiger partial charge in [-0.2, -0.15) is 0 Å². The fourth-order valence-electron chi connectivity index (χ4n) is 3.75. The molecule has 0 unspecified atom stereocenters. The van der Waals surface area contributed by atoms with E-state index < -0.39 is 0 Å². The number of hydrogen-bond donors (Lipinski definition) is 0. The Labute approximate surface area is 212 Å². The van der Waals surface area contributed by atoms with Gasteiger partial charge in [-0.15, -0.1) is 6.42 Å². The van der Waals surface area contributed by atoms with Crippen LogP contribution in [0, 0.1) is 19.3 Å². The highest BCUT2D eigenvalue weighted by Crippen LogP contribution is 2.30. The second-order valence-corrected chi connectivity index (χ2v) is 8.28. The van der Waals surface area contributed by atoms with Gasteiger partial charge in [0.05, 0.1) is 5.70 Å². The molecule has 176 valence electrons. The summed E-state index contributed by atoms with van der Waals surface area (Å²) in [6, 6.07) is 16.8. The normalized spacial score (nSPS) is 13.0. The van der Waals surface area contributed by atoms with E-state index in [1.165, 1.54) is 11.1 Å². The van der Waals surface area contributed by atoms with Crippen molar-refractivity contribution in [1.29, 1.82) is 0 Å². The Morgan fingerprint density at radius 3 is 2.31 bits per heavy atom. The second kappa shape index (κ2) is 14.2. The number of rotatable bonds is 11. The lowest BCUT2D eigenvalue weighted by atomic mass is 9.90. The first kappa shape index (κ1) is 27.1. The maximum absolute atomic E-state index is 5.73. The Morgan fingerprint density at radius 2 is 1.66 bits per heavy atom. The van der Waals surface area contributed by atoms with Crippen LogP contribution in [0.3, 0.4) is 0 Å². The van der Waals surface area contributed by atoms with Gasteiger partial charge in [0.1, 0.15) is 0 Å². The first-order valence-corrected chi connectivity index (χ1v) is 11.8. The molecule has 0 spiro atoms. The Bertz CT molecular complexity index is 1250. The van der Waals surface area contributed by atoms with E-state index in [2.05, 4.69) is 88.0 Å². The Balaban J connectivity index is 2.67. The van der Waals surface area contributed by atoms with Gasteiger partial charge in [-0.25, -0.2) is 0 Å². The molecule has 0 saturated carbocycles. The third-order valence-corrected chi connectivity index (χ3v) is 5.63. The highest BCUT2D eigenvalue weighted by Gasteiger charge is 2.15. The number of hydrogen-bond acceptors (Lipinski definition) is 1. The lowest BCUT2D eigenvalue weighted by Crippen LogP contribution is -2.08. The second-order valence-electron chi connectivity index (χ2n) is 8.28. The average molecular weight is 458 g/mol. The molecule has 0 aliphatic rings. The van der Waals surface area contributed by atoms with Crippen molar-refractivity contribution in [1.82, 2.24) is 0 Å². The molecule has 0 radical (unpaired) electrons. The van der Waals surface area contributed by atoms with Crippen LogP contribution in [-0.2, 0) is 0 Å². The molecule has 0 aromatic heterocycles. The van der Waals surface area contributed by atoms with E-state index in [1.54, 1.807) is 12.2 Å². The van der Waals surface area contributed by atoms with Gasteiger partial charge in [0.15, 0.2) is 0 Å². The molecule has 2 rings (SSSR count). The largest absolute Gasteiger partial charge is 0.253 e. The van der Waals surface area contributed by atoms with Crippen molar-refractivity contribution in [3.63, 3.8) is 0 Å². The minimum absolute atomic E-state index is 0.643. The Morgan fingerprint density at radius 1 is 0.943 bits per heavy atom. The van der Waals surface area contributed by atoms with Crippen LogP contribution in [0.2, 0.25) is 0 Å². The van der Waals surface area contributed by atoms with Crippen molar-refractivity contribution in [2.24, 2.45) is 4.99 Å². The van der Waals surface area contributed by atoms with E-state index in [0.717, 1.165) is 46.4 Å². The minimum atomic E-state index is 0.643. The zero-order valence-corrected chi connectivity index (χ0v) is 21.2. The van der Waals surface area contributed by atoms with Crippen LogP contribution in [0.25, 0.3) is 11.1 Å². The van der Waals surface area contributed by atoms with Crippen LogP contribution in [-0.4, -0.2) is 5.71 Å². The molecule has 35 heavy (non-hydrogen) atoms. The van der Waals surface area contributed by atoms with Gasteiger partial charge in [-0.1, -0.05) is 122 Å². The van der Waals surface area contributed by atoms with E-state index in [0.29, 0.717) is 5.70 Å². The fourth-order valence-corrected chi connectivity index (χ4v) is 3.75. The summed E-state index contributed by atoms with van der Waals surface area (Å²) in [5.41, 5.74) is 9.14. The molecular formula is C34H35N. The molecule has 0 fully saturated rings. The van der Waals surface area contributed by atoms with Gasteiger partial charge in [-0.3, -0.25) is 4.99 Å². The molecule has 0 aliphatic heterocycles. The van der Waals surface area contributed by atoms with Crippen LogP contribution < -0.4 is 0 Å². The van der Waals surface area contributed by atoms with E-state index >= 15 is 0 Å². The number of aryl methyl sites for hydroxylation is 1. The van der Waals surface area contributed by atoms with Gasteiger partial charge < -0.3 is 0 Å². The number of aliphatic imine (C=N–C) groups is 1. The van der Waals surface area contributed by atoms with Crippen LogP contribution >= 0.6 is 0 Å². The van der Waals surface area contributed by atoms with Crippen molar-refractivity contribution in [2.45, 2.75) is 33.6 Å². The lowest BCUT2D eigenvalue weighted by molar-refractivity contribution is 1.01. The molecule has 1 heteroatoms. The third kappa shape index (κ3) is 7.98. The molecule has 0 atom stereocenters. The highest BCUT2D eigenvalue weighted by molar-refractivity contribution is 6.08. The summed E-state index contributed by atoms with van der Waals surface area (Å²) < 4.78 is 0. The van der Waals surface area contributed by atoms with Crippen molar-refractivity contribution in [2.75, 3.05) is 0 Å². The summed E-state index contributed by atoms with van der Waals surface area (Å²) in [7, 11) is 0. The summed E-state index contributed by atoms with van der Waals surface area (Å²) in [4.78, 5) is 5.11. The van der Waals surface area contributed by atoms with E-state index in [-0.39, 0.29) is 0 Å². The maximum Gasteiger partial charge on any atom is 0.0642 e. The van der Waals surface area contributed by atoms with Gasteiger partial charge >= 0.3 is 0 Å². The maximum atomic E-state index is 5.73. The number of allylic oxidation sites excluding steroid dienone is 9. The number of benzene rings is 2. The first-order chi connectivity index (χ1) is 16.9. The molecule has 0 bridgehead atoms. The topological polar surface area (TPSA) is 12.4 Å². The molecule has 0 amide bonds. The predicted octanol–water partition coefficient (Wildman–Crippen LogP) is 9.13. The molecule has 1 nitrogen and oxygen atoms in total. The quantitative estimate of drug-likeness (QED) is 0.181. The number of nitrogens with zero attached hydrogens (tertiary/aromatic N) is 1. The third-order valence-electron chi connectivity index (χ3n) is 5.63. The summed E-state index contributed by atoms with van der Waals surface area (Å²) in [5.74, 6) is 2.73. The van der Waals surface area contributed by atoms with E-state index in [1.807, 2.05) is 37.3 Å². The molecule has 2 aromatic rings. The monoisotopic (exact) mass is 457 g/mol. The van der Waals surface area contributed by atoms with Crippen molar-refractivity contribution < 1.29 is 0 Å². The molecule has 0 aliphatic carbocycles. The summed E-state index contributed by atoms with van der Waals surface area (Å²) in [5, 5.41) is 0. The smallest absolute Gasteiger partial charge is 0.0642 e. The summed E-state index contributed by atoms with van der Waals surface area (Å²) in [6.45, 7) is 18.0. The van der Waals surface area contributed by atoms with Crippen LogP contribution in [0.4, 0.5) is 0 Å². The molecule has 0 N–H and O–H groups in total. The van der Waals surface area contributed by atoms with Crippen molar-refractivity contribution in [3.05, 3.63) is 144 Å². The molecular weight excluding hydrogens is 422 g/mol. The zero-order chi connectivity index (χ0) is 25.6.